The predicted molar refractivity (Wildman–Crippen MR) is 58.2 cm³/mol. The lowest BCUT2D eigenvalue weighted by Crippen LogP contribution is -2.15. The summed E-state index contributed by atoms with van der Waals surface area (Å²) in [6.07, 6.45) is -0.0941. The van der Waals surface area contributed by atoms with Gasteiger partial charge in [-0.05, 0) is 17.7 Å². The lowest BCUT2D eigenvalue weighted by atomic mass is 10.1. The maximum absolute atomic E-state index is 10.9. The van der Waals surface area contributed by atoms with Crippen LogP contribution in [0.4, 0.5) is 0 Å². The van der Waals surface area contributed by atoms with Gasteiger partial charge < -0.3 is 5.11 Å². The Morgan fingerprint density at radius 1 is 1.29 bits per heavy atom. The van der Waals surface area contributed by atoms with E-state index in [9.17, 15) is 9.59 Å². The molecule has 0 amide bonds. The van der Waals surface area contributed by atoms with Gasteiger partial charge in [-0.1, -0.05) is 37.9 Å². The minimum Gasteiger partial charge on any atom is -0.475 e. The number of hydrogen-bond donors (Lipinski definition) is 1. The first kappa shape index (κ1) is 11.4. The monoisotopic (exact) mass is 320 g/mol. The number of Topliss-reactive ketones (excluding diaryl/α,β-unsaturated/α-hetero) is 1. The number of rotatable bonds is 3. The molecule has 0 atom stereocenters. The van der Waals surface area contributed by atoms with Crippen molar-refractivity contribution in [2.75, 3.05) is 0 Å². The number of ketones is 1. The van der Waals surface area contributed by atoms with E-state index in [1.54, 1.807) is 18.2 Å². The van der Waals surface area contributed by atoms with Crippen molar-refractivity contribution < 1.29 is 14.7 Å². The summed E-state index contributed by atoms with van der Waals surface area (Å²) < 4.78 is 1.59. The van der Waals surface area contributed by atoms with E-state index in [1.807, 2.05) is 0 Å². The molecule has 74 valence electrons. The van der Waals surface area contributed by atoms with Gasteiger partial charge in [0.15, 0.2) is 0 Å². The quantitative estimate of drug-likeness (QED) is 0.870. The number of benzene rings is 1. The number of hydrogen-bond acceptors (Lipinski definition) is 2. The van der Waals surface area contributed by atoms with E-state index >= 15 is 0 Å². The van der Waals surface area contributed by atoms with Gasteiger partial charge in [0.05, 0.1) is 0 Å². The Bertz CT molecular complexity index is 388. The fraction of sp³-hybridized carbons (Fsp3) is 0.111. The second-order valence-electron chi connectivity index (χ2n) is 2.64. The molecule has 1 aromatic rings. The molecule has 0 aliphatic rings. The van der Waals surface area contributed by atoms with E-state index in [2.05, 4.69) is 31.9 Å². The Morgan fingerprint density at radius 3 is 2.43 bits per heavy atom. The van der Waals surface area contributed by atoms with Crippen LogP contribution >= 0.6 is 31.9 Å². The molecule has 0 fully saturated rings. The Morgan fingerprint density at radius 2 is 1.93 bits per heavy atom. The normalized spacial score (nSPS) is 9.86. The highest BCUT2D eigenvalue weighted by molar-refractivity contribution is 9.11. The molecule has 3 nitrogen and oxygen atoms in total. The molecular formula is C9H6Br2O3. The van der Waals surface area contributed by atoms with Crippen molar-refractivity contribution in [3.63, 3.8) is 0 Å². The van der Waals surface area contributed by atoms with Crippen molar-refractivity contribution in [3.05, 3.63) is 32.7 Å². The first-order valence-electron chi connectivity index (χ1n) is 3.70. The zero-order valence-electron chi connectivity index (χ0n) is 6.96. The van der Waals surface area contributed by atoms with Gasteiger partial charge in [-0.3, -0.25) is 4.79 Å². The number of carboxylic acids is 1. The number of carbonyl (C=O) groups is 2. The van der Waals surface area contributed by atoms with Crippen LogP contribution in [0.5, 0.6) is 0 Å². The van der Waals surface area contributed by atoms with Gasteiger partial charge in [0.1, 0.15) is 0 Å². The average Bonchev–Trinajstić information content (AvgIpc) is 2.09. The van der Waals surface area contributed by atoms with Crippen LogP contribution in [0.3, 0.4) is 0 Å². The van der Waals surface area contributed by atoms with Crippen LogP contribution in [-0.2, 0) is 16.0 Å². The van der Waals surface area contributed by atoms with Crippen molar-refractivity contribution in [2.45, 2.75) is 6.42 Å². The summed E-state index contributed by atoms with van der Waals surface area (Å²) >= 11 is 6.51. The number of halogens is 2. The molecule has 0 aliphatic carbocycles. The van der Waals surface area contributed by atoms with Crippen LogP contribution in [0.15, 0.2) is 27.1 Å². The summed E-state index contributed by atoms with van der Waals surface area (Å²) in [6.45, 7) is 0. The Hall–Kier alpha value is -0.680. The molecule has 0 aliphatic heterocycles. The van der Waals surface area contributed by atoms with E-state index in [0.29, 0.717) is 5.56 Å². The maximum atomic E-state index is 10.9. The van der Waals surface area contributed by atoms with Crippen LogP contribution < -0.4 is 0 Å². The van der Waals surface area contributed by atoms with Crippen LogP contribution in [0, 0.1) is 0 Å². The summed E-state index contributed by atoms with van der Waals surface area (Å²) in [5.74, 6) is -2.21. The predicted octanol–water partition coefficient (Wildman–Crippen LogP) is 2.41. The van der Waals surface area contributed by atoms with Gasteiger partial charge in [-0.25, -0.2) is 4.79 Å². The topological polar surface area (TPSA) is 54.4 Å². The van der Waals surface area contributed by atoms with Crippen LogP contribution in [-0.4, -0.2) is 16.9 Å². The van der Waals surface area contributed by atoms with E-state index in [0.717, 1.165) is 8.95 Å². The van der Waals surface area contributed by atoms with Gasteiger partial charge in [0, 0.05) is 15.4 Å². The van der Waals surface area contributed by atoms with E-state index in [-0.39, 0.29) is 6.42 Å². The summed E-state index contributed by atoms with van der Waals surface area (Å²) in [4.78, 5) is 21.2. The van der Waals surface area contributed by atoms with Gasteiger partial charge in [0.2, 0.25) is 5.78 Å². The molecule has 1 aromatic carbocycles. The van der Waals surface area contributed by atoms with E-state index in [4.69, 9.17) is 5.11 Å². The molecule has 0 aromatic heterocycles. The highest BCUT2D eigenvalue weighted by Gasteiger charge is 2.13. The number of aliphatic carboxylic acids is 1. The first-order valence-corrected chi connectivity index (χ1v) is 5.29. The van der Waals surface area contributed by atoms with Crippen molar-refractivity contribution in [1.82, 2.24) is 0 Å². The summed E-state index contributed by atoms with van der Waals surface area (Å²) in [7, 11) is 0. The zero-order chi connectivity index (χ0) is 10.7. The number of carbonyl (C=O) groups excluding carboxylic acids is 1. The average molecular weight is 322 g/mol. The Kier molecular flexibility index (Phi) is 3.83. The minimum absolute atomic E-state index is 0.0941. The van der Waals surface area contributed by atoms with Crippen LogP contribution in [0.2, 0.25) is 0 Å². The molecule has 0 saturated heterocycles. The first-order chi connectivity index (χ1) is 6.50. The van der Waals surface area contributed by atoms with Crippen molar-refractivity contribution >= 4 is 43.6 Å². The molecule has 1 rings (SSSR count). The van der Waals surface area contributed by atoms with Gasteiger partial charge >= 0.3 is 5.97 Å². The SMILES string of the molecule is O=C(O)C(=O)Cc1ccc(Br)cc1Br. The van der Waals surface area contributed by atoms with Crippen LogP contribution in [0.25, 0.3) is 0 Å². The third-order valence-electron chi connectivity index (χ3n) is 1.60. The van der Waals surface area contributed by atoms with E-state index < -0.39 is 11.8 Å². The third-order valence-corrected chi connectivity index (χ3v) is 2.84. The van der Waals surface area contributed by atoms with Gasteiger partial charge in [-0.15, -0.1) is 0 Å². The highest BCUT2D eigenvalue weighted by atomic mass is 79.9. The summed E-state index contributed by atoms with van der Waals surface area (Å²) in [5, 5.41) is 8.41. The van der Waals surface area contributed by atoms with Crippen molar-refractivity contribution in [2.24, 2.45) is 0 Å². The molecule has 0 bridgehead atoms. The molecule has 14 heavy (non-hydrogen) atoms. The third kappa shape index (κ3) is 2.92. The molecule has 0 unspecified atom stereocenters. The molecule has 1 N–H and O–H groups in total. The lowest BCUT2D eigenvalue weighted by molar-refractivity contribution is -0.148. The lowest BCUT2D eigenvalue weighted by Gasteiger charge is -2.01. The second kappa shape index (κ2) is 4.70. The Labute approximate surface area is 97.4 Å². The largest absolute Gasteiger partial charge is 0.475 e. The fourth-order valence-electron chi connectivity index (χ4n) is 0.914. The zero-order valence-corrected chi connectivity index (χ0v) is 10.1. The molecule has 0 radical (unpaired) electrons. The molecule has 0 spiro atoms. The standard InChI is InChI=1S/C9H6Br2O3/c10-6-2-1-5(7(11)4-6)3-8(12)9(13)14/h1-2,4H,3H2,(H,13,14). The fourth-order valence-corrected chi connectivity index (χ4v) is 2.10. The minimum atomic E-state index is -1.40. The second-order valence-corrected chi connectivity index (χ2v) is 4.41. The molecular weight excluding hydrogens is 316 g/mol. The molecule has 5 heteroatoms. The van der Waals surface area contributed by atoms with E-state index in [1.165, 1.54) is 0 Å². The van der Waals surface area contributed by atoms with Crippen molar-refractivity contribution in [3.8, 4) is 0 Å². The smallest absolute Gasteiger partial charge is 0.372 e. The van der Waals surface area contributed by atoms with Gasteiger partial charge in [-0.2, -0.15) is 0 Å². The maximum Gasteiger partial charge on any atom is 0.372 e. The van der Waals surface area contributed by atoms with Crippen molar-refractivity contribution in [1.29, 1.82) is 0 Å². The highest BCUT2D eigenvalue weighted by Crippen LogP contribution is 2.22. The Balaban J connectivity index is 2.87. The number of carboxylic acid groups (broad SMARTS) is 1. The molecule has 0 saturated carbocycles. The summed E-state index contributed by atoms with van der Waals surface area (Å²) in [5.41, 5.74) is 0.667. The summed E-state index contributed by atoms with van der Waals surface area (Å²) in [6, 6.07) is 5.23. The van der Waals surface area contributed by atoms with Gasteiger partial charge in [0.25, 0.3) is 0 Å². The molecule has 0 heterocycles. The van der Waals surface area contributed by atoms with Crippen LogP contribution in [0.1, 0.15) is 5.56 Å².